The molecule has 26 heavy (non-hydrogen) atoms. The van der Waals surface area contributed by atoms with Crippen LogP contribution in [0.5, 0.6) is 11.5 Å². The van der Waals surface area contributed by atoms with E-state index in [9.17, 15) is 14.7 Å². The molecule has 1 aromatic carbocycles. The molecule has 0 radical (unpaired) electrons. The van der Waals surface area contributed by atoms with Gasteiger partial charge in [0.2, 0.25) is 0 Å². The van der Waals surface area contributed by atoms with Gasteiger partial charge >= 0.3 is 5.97 Å². The molecule has 6 nitrogen and oxygen atoms in total. The van der Waals surface area contributed by atoms with Gasteiger partial charge in [-0.15, -0.1) is 0 Å². The van der Waals surface area contributed by atoms with Gasteiger partial charge in [0.05, 0.1) is 19.6 Å². The van der Waals surface area contributed by atoms with Crippen LogP contribution in [0.4, 0.5) is 0 Å². The number of ether oxygens (including phenoxy) is 2. The lowest BCUT2D eigenvalue weighted by Gasteiger charge is -2.36. The standard InChI is InChI=1S/C20H29NO5/c1-13(2)9-10-26-17-8-7-15(11-18(17)25-4)19(22)21-12-16(20(23)24)6-5-14(21)3/h7-8,11,13-14,16H,5-6,9-10,12H2,1-4H3,(H,23,24). The van der Waals surface area contributed by atoms with Gasteiger partial charge in [-0.1, -0.05) is 13.8 Å². The highest BCUT2D eigenvalue weighted by molar-refractivity contribution is 5.95. The number of benzene rings is 1. The van der Waals surface area contributed by atoms with Crippen molar-refractivity contribution in [3.05, 3.63) is 23.8 Å². The van der Waals surface area contributed by atoms with Crippen molar-refractivity contribution in [1.82, 2.24) is 4.90 Å². The molecule has 1 N–H and O–H groups in total. The maximum atomic E-state index is 12.9. The Labute approximate surface area is 155 Å². The first-order chi connectivity index (χ1) is 12.3. The number of carbonyl (C=O) groups excluding carboxylic acids is 1. The smallest absolute Gasteiger partial charge is 0.308 e. The van der Waals surface area contributed by atoms with Crippen molar-refractivity contribution in [3.8, 4) is 11.5 Å². The summed E-state index contributed by atoms with van der Waals surface area (Å²) in [6, 6.07) is 5.15. The number of carboxylic acids is 1. The molecule has 6 heteroatoms. The fourth-order valence-corrected chi connectivity index (χ4v) is 3.08. The average molecular weight is 363 g/mol. The molecule has 1 aliphatic heterocycles. The summed E-state index contributed by atoms with van der Waals surface area (Å²) in [6.07, 6.45) is 2.23. The van der Waals surface area contributed by atoms with Gasteiger partial charge in [-0.25, -0.2) is 0 Å². The van der Waals surface area contributed by atoms with Crippen LogP contribution in [-0.4, -0.2) is 48.2 Å². The van der Waals surface area contributed by atoms with E-state index in [1.807, 2.05) is 6.92 Å². The second kappa shape index (κ2) is 8.92. The number of aliphatic carboxylic acids is 1. The quantitative estimate of drug-likeness (QED) is 0.803. The summed E-state index contributed by atoms with van der Waals surface area (Å²) in [6.45, 7) is 7.05. The Morgan fingerprint density at radius 2 is 2.00 bits per heavy atom. The molecule has 2 rings (SSSR count). The van der Waals surface area contributed by atoms with Crippen molar-refractivity contribution < 1.29 is 24.2 Å². The van der Waals surface area contributed by atoms with E-state index < -0.39 is 11.9 Å². The fraction of sp³-hybridized carbons (Fsp3) is 0.600. The van der Waals surface area contributed by atoms with Crippen LogP contribution in [0, 0.1) is 11.8 Å². The first-order valence-electron chi connectivity index (χ1n) is 9.18. The second-order valence-corrected chi connectivity index (χ2v) is 7.32. The normalized spacial score (nSPS) is 20.1. The number of nitrogens with zero attached hydrogens (tertiary/aromatic N) is 1. The van der Waals surface area contributed by atoms with Crippen molar-refractivity contribution >= 4 is 11.9 Å². The lowest BCUT2D eigenvalue weighted by atomic mass is 9.93. The molecule has 2 unspecified atom stereocenters. The molecule has 0 spiro atoms. The number of methoxy groups -OCH3 is 1. The predicted octanol–water partition coefficient (Wildman–Crippen LogP) is 3.45. The molecule has 1 amide bonds. The van der Waals surface area contributed by atoms with Gasteiger partial charge in [0.15, 0.2) is 11.5 Å². The maximum absolute atomic E-state index is 12.9. The minimum absolute atomic E-state index is 0.0195. The molecule has 0 aliphatic carbocycles. The highest BCUT2D eigenvalue weighted by Crippen LogP contribution is 2.30. The number of likely N-dealkylation sites (tertiary alicyclic amines) is 1. The van der Waals surface area contributed by atoms with Gasteiger partial charge < -0.3 is 19.5 Å². The number of piperidine rings is 1. The molecule has 0 saturated carbocycles. The van der Waals surface area contributed by atoms with Crippen LogP contribution in [0.15, 0.2) is 18.2 Å². The van der Waals surface area contributed by atoms with E-state index in [1.54, 1.807) is 30.2 Å². The number of carboxylic acid groups (broad SMARTS) is 1. The van der Waals surface area contributed by atoms with Gasteiger partial charge in [-0.05, 0) is 50.3 Å². The van der Waals surface area contributed by atoms with E-state index in [4.69, 9.17) is 9.47 Å². The average Bonchev–Trinajstić information content (AvgIpc) is 2.61. The Balaban J connectivity index is 2.14. The molecule has 1 heterocycles. The van der Waals surface area contributed by atoms with Gasteiger partial charge in [-0.2, -0.15) is 0 Å². The first kappa shape index (κ1) is 20.1. The van der Waals surface area contributed by atoms with Gasteiger partial charge in [0, 0.05) is 18.2 Å². The largest absolute Gasteiger partial charge is 0.493 e. The Kier molecular flexibility index (Phi) is 6.89. The number of carbonyl (C=O) groups is 2. The minimum atomic E-state index is -0.846. The van der Waals surface area contributed by atoms with E-state index in [1.165, 1.54) is 0 Å². The van der Waals surface area contributed by atoms with Crippen molar-refractivity contribution in [3.63, 3.8) is 0 Å². The van der Waals surface area contributed by atoms with Crippen LogP contribution in [-0.2, 0) is 4.79 Å². The molecule has 1 saturated heterocycles. The van der Waals surface area contributed by atoms with E-state index >= 15 is 0 Å². The summed E-state index contributed by atoms with van der Waals surface area (Å²) < 4.78 is 11.1. The van der Waals surface area contributed by atoms with Crippen molar-refractivity contribution in [1.29, 1.82) is 0 Å². The molecule has 144 valence electrons. The summed E-state index contributed by atoms with van der Waals surface area (Å²) in [7, 11) is 1.54. The molecular weight excluding hydrogens is 334 g/mol. The van der Waals surface area contributed by atoms with Crippen LogP contribution in [0.1, 0.15) is 50.4 Å². The lowest BCUT2D eigenvalue weighted by Crippen LogP contribution is -2.47. The molecule has 1 aromatic rings. The molecular formula is C20H29NO5. The minimum Gasteiger partial charge on any atom is -0.493 e. The zero-order valence-corrected chi connectivity index (χ0v) is 16.0. The van der Waals surface area contributed by atoms with E-state index in [2.05, 4.69) is 13.8 Å². The first-order valence-corrected chi connectivity index (χ1v) is 9.18. The van der Waals surface area contributed by atoms with Crippen LogP contribution >= 0.6 is 0 Å². The SMILES string of the molecule is COc1cc(C(=O)N2CC(C(=O)O)CCC2C)ccc1OCCC(C)C. The summed E-state index contributed by atoms with van der Waals surface area (Å²) in [5, 5.41) is 9.26. The van der Waals surface area contributed by atoms with Crippen molar-refractivity contribution in [2.45, 2.75) is 46.1 Å². The number of hydrogen-bond donors (Lipinski definition) is 1. The fourth-order valence-electron chi connectivity index (χ4n) is 3.08. The summed E-state index contributed by atoms with van der Waals surface area (Å²) in [5.74, 6) is 0.149. The summed E-state index contributed by atoms with van der Waals surface area (Å²) in [5.41, 5.74) is 0.482. The highest BCUT2D eigenvalue weighted by Gasteiger charge is 2.33. The Morgan fingerprint density at radius 1 is 1.27 bits per heavy atom. The van der Waals surface area contributed by atoms with Gasteiger partial charge in [0.1, 0.15) is 0 Å². The van der Waals surface area contributed by atoms with Gasteiger partial charge in [-0.3, -0.25) is 9.59 Å². The molecule has 2 atom stereocenters. The highest BCUT2D eigenvalue weighted by atomic mass is 16.5. The summed E-state index contributed by atoms with van der Waals surface area (Å²) in [4.78, 5) is 25.8. The van der Waals surface area contributed by atoms with Crippen molar-refractivity contribution in [2.75, 3.05) is 20.3 Å². The molecule has 1 fully saturated rings. The van der Waals surface area contributed by atoms with E-state index in [-0.39, 0.29) is 18.5 Å². The van der Waals surface area contributed by atoms with Crippen LogP contribution in [0.25, 0.3) is 0 Å². The molecule has 0 aromatic heterocycles. The second-order valence-electron chi connectivity index (χ2n) is 7.32. The third-order valence-corrected chi connectivity index (χ3v) is 4.86. The van der Waals surface area contributed by atoms with Crippen LogP contribution in [0.3, 0.4) is 0 Å². The van der Waals surface area contributed by atoms with E-state index in [0.29, 0.717) is 42.4 Å². The third-order valence-electron chi connectivity index (χ3n) is 4.86. The maximum Gasteiger partial charge on any atom is 0.308 e. The Hall–Kier alpha value is -2.24. The third kappa shape index (κ3) is 4.90. The van der Waals surface area contributed by atoms with Crippen LogP contribution in [0.2, 0.25) is 0 Å². The topological polar surface area (TPSA) is 76.1 Å². The zero-order chi connectivity index (χ0) is 19.3. The number of rotatable bonds is 7. The number of amides is 1. The van der Waals surface area contributed by atoms with E-state index in [0.717, 1.165) is 6.42 Å². The Bertz CT molecular complexity index is 643. The van der Waals surface area contributed by atoms with Crippen molar-refractivity contribution in [2.24, 2.45) is 11.8 Å². The summed E-state index contributed by atoms with van der Waals surface area (Å²) >= 11 is 0. The van der Waals surface area contributed by atoms with Gasteiger partial charge in [0.25, 0.3) is 5.91 Å². The predicted molar refractivity (Wildman–Crippen MR) is 98.8 cm³/mol. The van der Waals surface area contributed by atoms with Crippen LogP contribution < -0.4 is 9.47 Å². The zero-order valence-electron chi connectivity index (χ0n) is 16.0. The molecule has 0 bridgehead atoms. The Morgan fingerprint density at radius 3 is 2.62 bits per heavy atom. The lowest BCUT2D eigenvalue weighted by molar-refractivity contribution is -0.143. The monoisotopic (exact) mass is 363 g/mol. The number of hydrogen-bond acceptors (Lipinski definition) is 4. The molecule has 1 aliphatic rings.